The van der Waals surface area contributed by atoms with E-state index in [1.54, 1.807) is 0 Å². The SMILES string of the molecule is CCNc1ncc(Br)c(N2CC(C)C(N(C)C)C2)n1. The molecule has 0 aromatic carbocycles. The van der Waals surface area contributed by atoms with Gasteiger partial charge in [0.1, 0.15) is 5.82 Å². The lowest BCUT2D eigenvalue weighted by Gasteiger charge is -2.23. The van der Waals surface area contributed by atoms with Gasteiger partial charge in [0, 0.05) is 31.9 Å². The molecule has 0 amide bonds. The Bertz CT molecular complexity index is 437. The maximum Gasteiger partial charge on any atom is 0.224 e. The minimum Gasteiger partial charge on any atom is -0.354 e. The van der Waals surface area contributed by atoms with Gasteiger partial charge < -0.3 is 15.1 Å². The number of hydrogen-bond acceptors (Lipinski definition) is 5. The Morgan fingerprint density at radius 3 is 2.79 bits per heavy atom. The number of likely N-dealkylation sites (N-methyl/N-ethyl adjacent to an activating group) is 1. The highest BCUT2D eigenvalue weighted by molar-refractivity contribution is 9.10. The van der Waals surface area contributed by atoms with Gasteiger partial charge in [-0.3, -0.25) is 0 Å². The molecule has 19 heavy (non-hydrogen) atoms. The first-order valence-electron chi connectivity index (χ1n) is 6.70. The molecule has 0 radical (unpaired) electrons. The molecule has 0 bridgehead atoms. The Balaban J connectivity index is 2.20. The van der Waals surface area contributed by atoms with Crippen molar-refractivity contribution >= 4 is 27.7 Å². The molecule has 1 aromatic heterocycles. The number of rotatable bonds is 4. The van der Waals surface area contributed by atoms with Crippen molar-refractivity contribution in [2.45, 2.75) is 19.9 Å². The fraction of sp³-hybridized carbons (Fsp3) is 0.692. The molecule has 1 aliphatic rings. The lowest BCUT2D eigenvalue weighted by Crippen LogP contribution is -2.34. The van der Waals surface area contributed by atoms with Crippen molar-refractivity contribution in [1.82, 2.24) is 14.9 Å². The third kappa shape index (κ3) is 3.17. The second-order valence-electron chi connectivity index (χ2n) is 5.31. The Labute approximate surface area is 123 Å². The van der Waals surface area contributed by atoms with Crippen LogP contribution in [0.25, 0.3) is 0 Å². The number of nitrogens with one attached hydrogen (secondary N) is 1. The summed E-state index contributed by atoms with van der Waals surface area (Å²) < 4.78 is 0.959. The van der Waals surface area contributed by atoms with E-state index in [1.807, 2.05) is 13.1 Å². The maximum atomic E-state index is 4.61. The van der Waals surface area contributed by atoms with Gasteiger partial charge in [-0.25, -0.2) is 4.98 Å². The molecule has 1 aliphatic heterocycles. The lowest BCUT2D eigenvalue weighted by molar-refractivity contribution is 0.266. The Hall–Kier alpha value is -0.880. The van der Waals surface area contributed by atoms with Crippen molar-refractivity contribution in [2.24, 2.45) is 5.92 Å². The van der Waals surface area contributed by atoms with Crippen LogP contribution in [0.2, 0.25) is 0 Å². The van der Waals surface area contributed by atoms with Crippen LogP contribution in [-0.2, 0) is 0 Å². The maximum absolute atomic E-state index is 4.61. The van der Waals surface area contributed by atoms with Gasteiger partial charge in [-0.1, -0.05) is 6.92 Å². The smallest absolute Gasteiger partial charge is 0.224 e. The average Bonchev–Trinajstić information content (AvgIpc) is 2.74. The molecule has 6 heteroatoms. The summed E-state index contributed by atoms with van der Waals surface area (Å²) in [6.07, 6.45) is 1.83. The van der Waals surface area contributed by atoms with Crippen molar-refractivity contribution in [3.63, 3.8) is 0 Å². The van der Waals surface area contributed by atoms with E-state index in [0.717, 1.165) is 29.9 Å². The molecule has 1 aromatic rings. The minimum atomic E-state index is 0.574. The van der Waals surface area contributed by atoms with Gasteiger partial charge in [-0.2, -0.15) is 4.98 Å². The van der Waals surface area contributed by atoms with E-state index in [0.29, 0.717) is 17.9 Å². The molecule has 0 spiro atoms. The molecule has 0 saturated carbocycles. The van der Waals surface area contributed by atoms with Crippen LogP contribution in [-0.4, -0.2) is 54.6 Å². The van der Waals surface area contributed by atoms with Gasteiger partial charge in [-0.05, 0) is 42.9 Å². The van der Waals surface area contributed by atoms with E-state index >= 15 is 0 Å². The van der Waals surface area contributed by atoms with Crippen LogP contribution in [0.15, 0.2) is 10.7 Å². The second kappa shape index (κ2) is 6.05. The number of hydrogen-bond donors (Lipinski definition) is 1. The Morgan fingerprint density at radius 2 is 2.21 bits per heavy atom. The van der Waals surface area contributed by atoms with Crippen molar-refractivity contribution in [3.8, 4) is 0 Å². The number of aromatic nitrogens is 2. The monoisotopic (exact) mass is 327 g/mol. The first-order chi connectivity index (χ1) is 9.02. The highest BCUT2D eigenvalue weighted by Crippen LogP contribution is 2.30. The van der Waals surface area contributed by atoms with Gasteiger partial charge in [0.05, 0.1) is 4.47 Å². The summed E-state index contributed by atoms with van der Waals surface area (Å²) in [7, 11) is 4.29. The number of nitrogens with zero attached hydrogens (tertiary/aromatic N) is 4. The minimum absolute atomic E-state index is 0.574. The van der Waals surface area contributed by atoms with Crippen molar-refractivity contribution in [1.29, 1.82) is 0 Å². The first kappa shape index (κ1) is 14.5. The van der Waals surface area contributed by atoms with E-state index in [1.165, 1.54) is 0 Å². The van der Waals surface area contributed by atoms with Crippen LogP contribution in [0.4, 0.5) is 11.8 Å². The van der Waals surface area contributed by atoms with Crippen molar-refractivity contribution in [2.75, 3.05) is 43.9 Å². The quantitative estimate of drug-likeness (QED) is 0.917. The summed E-state index contributed by atoms with van der Waals surface area (Å²) >= 11 is 3.56. The summed E-state index contributed by atoms with van der Waals surface area (Å²) in [4.78, 5) is 13.5. The van der Waals surface area contributed by atoms with Gasteiger partial charge in [0.2, 0.25) is 5.95 Å². The predicted octanol–water partition coefficient (Wildman–Crippen LogP) is 2.06. The molecule has 106 valence electrons. The molecular formula is C13H22BrN5. The summed E-state index contributed by atoms with van der Waals surface area (Å²) in [6, 6.07) is 0.574. The Kier molecular flexibility index (Phi) is 4.62. The van der Waals surface area contributed by atoms with Crippen LogP contribution in [0.1, 0.15) is 13.8 Å². The molecule has 5 nitrogen and oxygen atoms in total. The van der Waals surface area contributed by atoms with Crippen LogP contribution in [0, 0.1) is 5.92 Å². The molecule has 2 atom stereocenters. The normalized spacial score (nSPS) is 23.2. The number of halogens is 1. The molecule has 2 unspecified atom stereocenters. The molecular weight excluding hydrogens is 306 g/mol. The number of anilines is 2. The third-order valence-electron chi connectivity index (χ3n) is 3.60. The molecule has 1 saturated heterocycles. The van der Waals surface area contributed by atoms with Crippen LogP contribution in [0.3, 0.4) is 0 Å². The topological polar surface area (TPSA) is 44.3 Å². The van der Waals surface area contributed by atoms with Crippen molar-refractivity contribution < 1.29 is 0 Å². The summed E-state index contributed by atoms with van der Waals surface area (Å²) in [5.41, 5.74) is 0. The second-order valence-corrected chi connectivity index (χ2v) is 6.16. The largest absolute Gasteiger partial charge is 0.354 e. The molecule has 0 aliphatic carbocycles. The standard InChI is InChI=1S/C13H22BrN5/c1-5-15-13-16-6-10(14)12(17-13)19-7-9(2)11(8-19)18(3)4/h6,9,11H,5,7-8H2,1-4H3,(H,15,16,17). The van der Waals surface area contributed by atoms with Crippen LogP contribution in [0.5, 0.6) is 0 Å². The molecule has 2 rings (SSSR count). The van der Waals surface area contributed by atoms with Gasteiger partial charge in [-0.15, -0.1) is 0 Å². The van der Waals surface area contributed by atoms with Gasteiger partial charge >= 0.3 is 0 Å². The summed E-state index contributed by atoms with van der Waals surface area (Å²) in [6.45, 7) is 7.22. The van der Waals surface area contributed by atoms with Crippen LogP contribution < -0.4 is 10.2 Å². The average molecular weight is 328 g/mol. The Morgan fingerprint density at radius 1 is 1.47 bits per heavy atom. The summed E-state index contributed by atoms with van der Waals surface area (Å²) in [5, 5.41) is 3.16. The van der Waals surface area contributed by atoms with E-state index in [4.69, 9.17) is 0 Å². The lowest BCUT2D eigenvalue weighted by atomic mass is 10.1. The van der Waals surface area contributed by atoms with E-state index < -0.39 is 0 Å². The predicted molar refractivity (Wildman–Crippen MR) is 82.7 cm³/mol. The molecule has 2 heterocycles. The highest BCUT2D eigenvalue weighted by atomic mass is 79.9. The molecule has 1 N–H and O–H groups in total. The van der Waals surface area contributed by atoms with Crippen LogP contribution >= 0.6 is 15.9 Å². The first-order valence-corrected chi connectivity index (χ1v) is 7.50. The third-order valence-corrected chi connectivity index (χ3v) is 4.16. The van der Waals surface area contributed by atoms with Crippen molar-refractivity contribution in [3.05, 3.63) is 10.7 Å². The molecule has 1 fully saturated rings. The zero-order valence-corrected chi connectivity index (χ0v) is 13.6. The van der Waals surface area contributed by atoms with E-state index in [2.05, 4.69) is 62.0 Å². The van der Waals surface area contributed by atoms with Gasteiger partial charge in [0.15, 0.2) is 0 Å². The van der Waals surface area contributed by atoms with E-state index in [-0.39, 0.29) is 0 Å². The fourth-order valence-corrected chi connectivity index (χ4v) is 3.06. The summed E-state index contributed by atoms with van der Waals surface area (Å²) in [5.74, 6) is 2.32. The van der Waals surface area contributed by atoms with E-state index in [9.17, 15) is 0 Å². The zero-order valence-electron chi connectivity index (χ0n) is 12.0. The fourth-order valence-electron chi connectivity index (χ4n) is 2.62. The highest BCUT2D eigenvalue weighted by Gasteiger charge is 2.32. The zero-order chi connectivity index (χ0) is 14.0. The van der Waals surface area contributed by atoms with Gasteiger partial charge in [0.25, 0.3) is 0 Å².